The molecule has 1 nitrogen and oxygen atoms in total. The zero-order valence-corrected chi connectivity index (χ0v) is 17.0. The molecule has 1 radical (unpaired) electrons. The summed E-state index contributed by atoms with van der Waals surface area (Å²) in [4.78, 5) is 2.73. The molecule has 3 fully saturated rings. The third kappa shape index (κ3) is 4.27. The van der Waals surface area contributed by atoms with Crippen molar-refractivity contribution in [1.82, 2.24) is 4.90 Å². The van der Waals surface area contributed by atoms with Gasteiger partial charge < -0.3 is 0 Å². The van der Waals surface area contributed by atoms with E-state index in [2.05, 4.69) is 18.2 Å². The number of alkyl halides is 3. The number of hydrogen-bond donors (Lipinski definition) is 0. The molecule has 4 rings (SSSR count). The second-order valence-electron chi connectivity index (χ2n) is 9.69. The van der Waals surface area contributed by atoms with Gasteiger partial charge in [-0.2, -0.15) is 13.2 Å². The Morgan fingerprint density at radius 1 is 1.04 bits per heavy atom. The molecule has 2 saturated carbocycles. The van der Waals surface area contributed by atoms with Crippen LogP contribution in [0.2, 0.25) is 0 Å². The van der Waals surface area contributed by atoms with E-state index in [-0.39, 0.29) is 0 Å². The van der Waals surface area contributed by atoms with Crippen molar-refractivity contribution in [3.8, 4) is 0 Å². The molecule has 1 saturated heterocycles. The molecule has 4 heteroatoms. The highest BCUT2D eigenvalue weighted by Gasteiger charge is 2.43. The van der Waals surface area contributed by atoms with Crippen LogP contribution in [0.3, 0.4) is 0 Å². The first-order valence-corrected chi connectivity index (χ1v) is 11.1. The Morgan fingerprint density at radius 2 is 1.75 bits per heavy atom. The maximum atomic E-state index is 13.0. The average molecular weight is 393 g/mol. The zero-order chi connectivity index (χ0) is 19.8. The Morgan fingerprint density at radius 3 is 2.43 bits per heavy atom. The van der Waals surface area contributed by atoms with Gasteiger partial charge in [0.05, 0.1) is 5.56 Å². The Labute approximate surface area is 167 Å². The van der Waals surface area contributed by atoms with E-state index in [9.17, 15) is 13.2 Å². The van der Waals surface area contributed by atoms with Crippen LogP contribution in [0.5, 0.6) is 0 Å². The largest absolute Gasteiger partial charge is 0.416 e. The molecule has 155 valence electrons. The van der Waals surface area contributed by atoms with Gasteiger partial charge in [-0.1, -0.05) is 38.3 Å². The van der Waals surface area contributed by atoms with Crippen LogP contribution >= 0.6 is 0 Å². The van der Waals surface area contributed by atoms with Crippen molar-refractivity contribution in [2.24, 2.45) is 11.3 Å². The van der Waals surface area contributed by atoms with Gasteiger partial charge in [0.15, 0.2) is 0 Å². The molecule has 0 amide bonds. The maximum Gasteiger partial charge on any atom is 0.416 e. The van der Waals surface area contributed by atoms with Crippen molar-refractivity contribution in [1.29, 1.82) is 0 Å². The predicted octanol–water partition coefficient (Wildman–Crippen LogP) is 6.84. The second kappa shape index (κ2) is 8.01. The van der Waals surface area contributed by atoms with Gasteiger partial charge in [-0.25, -0.2) is 0 Å². The van der Waals surface area contributed by atoms with E-state index in [1.807, 2.05) is 0 Å². The van der Waals surface area contributed by atoms with Gasteiger partial charge in [0.2, 0.25) is 0 Å². The van der Waals surface area contributed by atoms with E-state index in [0.29, 0.717) is 23.3 Å². The van der Waals surface area contributed by atoms with E-state index in [4.69, 9.17) is 0 Å². The summed E-state index contributed by atoms with van der Waals surface area (Å²) in [5, 5.41) is 0. The van der Waals surface area contributed by atoms with Gasteiger partial charge >= 0.3 is 6.18 Å². The number of likely N-dealkylation sites (tertiary alicyclic amines) is 1. The van der Waals surface area contributed by atoms with Crippen LogP contribution in [0.1, 0.15) is 81.8 Å². The molecule has 2 aliphatic carbocycles. The topological polar surface area (TPSA) is 3.24 Å². The van der Waals surface area contributed by atoms with Crippen molar-refractivity contribution in [3.05, 3.63) is 41.8 Å². The van der Waals surface area contributed by atoms with Crippen molar-refractivity contribution in [2.75, 3.05) is 13.1 Å². The van der Waals surface area contributed by atoms with E-state index >= 15 is 0 Å². The third-order valence-corrected chi connectivity index (χ3v) is 7.47. The number of piperidine rings is 1. The van der Waals surface area contributed by atoms with Gasteiger partial charge in [0.25, 0.3) is 0 Å². The second-order valence-corrected chi connectivity index (χ2v) is 9.69. The molecule has 0 N–H and O–H groups in total. The lowest BCUT2D eigenvalue weighted by Gasteiger charge is -2.52. The fraction of sp³-hybridized carbons (Fsp3) is 0.708. The molecule has 1 heterocycles. The summed E-state index contributed by atoms with van der Waals surface area (Å²) >= 11 is 0. The van der Waals surface area contributed by atoms with E-state index in [1.54, 1.807) is 12.1 Å². The van der Waals surface area contributed by atoms with Crippen molar-refractivity contribution in [3.63, 3.8) is 0 Å². The highest BCUT2D eigenvalue weighted by molar-refractivity contribution is 5.29. The van der Waals surface area contributed by atoms with Crippen LogP contribution in [-0.4, -0.2) is 24.0 Å². The third-order valence-electron chi connectivity index (χ3n) is 7.47. The number of benzene rings is 1. The van der Waals surface area contributed by atoms with Gasteiger partial charge in [-0.3, -0.25) is 4.90 Å². The molecule has 0 bridgehead atoms. The van der Waals surface area contributed by atoms with Crippen LogP contribution < -0.4 is 0 Å². The zero-order valence-electron chi connectivity index (χ0n) is 17.0. The summed E-state index contributed by atoms with van der Waals surface area (Å²) in [6.07, 6.45) is 9.49. The van der Waals surface area contributed by atoms with Gasteiger partial charge in [-0.15, -0.1) is 0 Å². The summed E-state index contributed by atoms with van der Waals surface area (Å²) < 4.78 is 38.9. The lowest BCUT2D eigenvalue weighted by Crippen LogP contribution is -2.53. The normalized spacial score (nSPS) is 31.8. The molecule has 0 aromatic heterocycles. The molecule has 1 aliphatic heterocycles. The van der Waals surface area contributed by atoms with E-state index < -0.39 is 11.7 Å². The van der Waals surface area contributed by atoms with Crippen molar-refractivity contribution >= 4 is 0 Å². The number of rotatable bonds is 2. The lowest BCUT2D eigenvalue weighted by atomic mass is 9.66. The smallest absolute Gasteiger partial charge is 0.299 e. The summed E-state index contributed by atoms with van der Waals surface area (Å²) in [7, 11) is 0. The van der Waals surface area contributed by atoms with Crippen molar-refractivity contribution < 1.29 is 13.2 Å². The monoisotopic (exact) mass is 392 g/mol. The minimum atomic E-state index is -4.26. The predicted molar refractivity (Wildman–Crippen MR) is 107 cm³/mol. The summed E-state index contributed by atoms with van der Waals surface area (Å²) in [6.45, 7) is 4.73. The first-order chi connectivity index (χ1) is 13.4. The minimum Gasteiger partial charge on any atom is -0.299 e. The minimum absolute atomic E-state index is 0.321. The number of nitrogens with zero attached hydrogens (tertiary/aromatic N) is 1. The summed E-state index contributed by atoms with van der Waals surface area (Å²) in [5.41, 5.74) is 1.02. The fourth-order valence-electron chi connectivity index (χ4n) is 6.34. The Bertz CT molecular complexity index is 645. The Kier molecular flexibility index (Phi) is 5.79. The molecular weight excluding hydrogens is 359 g/mol. The van der Waals surface area contributed by atoms with Crippen LogP contribution in [0, 0.1) is 17.8 Å². The van der Waals surface area contributed by atoms with Crippen molar-refractivity contribution in [2.45, 2.75) is 82.8 Å². The molecule has 3 aliphatic rings. The molecule has 1 unspecified atom stereocenters. The van der Waals surface area contributed by atoms with E-state index in [0.717, 1.165) is 31.4 Å². The van der Waals surface area contributed by atoms with Crippen LogP contribution in [0.4, 0.5) is 13.2 Å². The number of halogens is 3. The molecule has 1 aromatic rings. The first-order valence-electron chi connectivity index (χ1n) is 11.1. The fourth-order valence-corrected chi connectivity index (χ4v) is 6.34. The van der Waals surface area contributed by atoms with Gasteiger partial charge in [0.1, 0.15) is 0 Å². The maximum absolute atomic E-state index is 13.0. The summed E-state index contributed by atoms with van der Waals surface area (Å²) in [6, 6.07) is 6.45. The van der Waals surface area contributed by atoms with E-state index in [1.165, 1.54) is 57.2 Å². The molecule has 1 spiro atoms. The quantitative estimate of drug-likeness (QED) is 0.533. The molecular formula is C24H33F3N. The molecule has 1 aromatic carbocycles. The van der Waals surface area contributed by atoms with Crippen LogP contribution in [0.15, 0.2) is 24.3 Å². The summed E-state index contributed by atoms with van der Waals surface area (Å²) in [5.74, 6) is 1.04. The average Bonchev–Trinajstić information content (AvgIpc) is 2.67. The van der Waals surface area contributed by atoms with Gasteiger partial charge in [0, 0.05) is 19.1 Å². The Balaban J connectivity index is 1.55. The molecule has 3 atom stereocenters. The number of hydrogen-bond acceptors (Lipinski definition) is 1. The first kappa shape index (κ1) is 20.3. The lowest BCUT2D eigenvalue weighted by molar-refractivity contribution is -0.137. The van der Waals surface area contributed by atoms with Crippen LogP contribution in [-0.2, 0) is 6.18 Å². The Hall–Kier alpha value is -1.03. The molecule has 28 heavy (non-hydrogen) atoms. The standard InChI is InChI=1S/C24H33F3N/c1-18-15-23(13-5-2-6-14-23)17-28(16-18)22-8-4-3-7-21(22)19-9-11-20(12-10-19)24(25,26)27/h3,9-12,18,21-22H,2,4-8,13-17H2,1H3/t18?,21-,22+/m0/s1. The SMILES string of the molecule is CC1CN([C@@H]2CC[CH]C[C@H]2c2ccc(C(F)(F)F)cc2)CC2(CCCCC2)C1. The highest BCUT2D eigenvalue weighted by Crippen LogP contribution is 2.47. The highest BCUT2D eigenvalue weighted by atomic mass is 19.4. The van der Waals surface area contributed by atoms with Crippen LogP contribution in [0.25, 0.3) is 0 Å². The van der Waals surface area contributed by atoms with Gasteiger partial charge in [-0.05, 0) is 79.9 Å².